The fourth-order valence-corrected chi connectivity index (χ4v) is 2.48. The maximum Gasteiger partial charge on any atom is 0.305 e. The van der Waals surface area contributed by atoms with Crippen LogP contribution in [0.3, 0.4) is 0 Å². The number of hydrogen-bond acceptors (Lipinski definition) is 4. The van der Waals surface area contributed by atoms with Crippen LogP contribution in [0.25, 0.3) is 0 Å². The number of nitrogens with one attached hydrogen (secondary N) is 1. The van der Waals surface area contributed by atoms with Gasteiger partial charge in [0, 0.05) is 25.7 Å². The van der Waals surface area contributed by atoms with E-state index in [1.165, 1.54) is 24.3 Å². The van der Waals surface area contributed by atoms with Crippen LogP contribution in [-0.4, -0.2) is 37.3 Å². The third kappa shape index (κ3) is 6.71. The first-order valence-corrected chi connectivity index (χ1v) is 8.49. The SMILES string of the molecule is COCCCOc1cccc(C(=O)NC(CC(=O)O)c2ccc(F)cc2)c1. The molecule has 1 atom stereocenters. The van der Waals surface area contributed by atoms with Gasteiger partial charge in [-0.15, -0.1) is 0 Å². The van der Waals surface area contributed by atoms with Gasteiger partial charge in [-0.3, -0.25) is 9.59 Å². The number of hydrogen-bond donors (Lipinski definition) is 2. The van der Waals surface area contributed by atoms with Crippen molar-refractivity contribution in [2.45, 2.75) is 18.9 Å². The van der Waals surface area contributed by atoms with Gasteiger partial charge in [0.15, 0.2) is 0 Å². The second-order valence-electron chi connectivity index (χ2n) is 5.90. The molecule has 0 fully saturated rings. The van der Waals surface area contributed by atoms with Gasteiger partial charge in [0.2, 0.25) is 0 Å². The van der Waals surface area contributed by atoms with Crippen molar-refractivity contribution in [1.82, 2.24) is 5.32 Å². The van der Waals surface area contributed by atoms with Crippen molar-refractivity contribution >= 4 is 11.9 Å². The van der Waals surface area contributed by atoms with Crippen LogP contribution in [0.2, 0.25) is 0 Å². The van der Waals surface area contributed by atoms with Gasteiger partial charge >= 0.3 is 5.97 Å². The Morgan fingerprint density at radius 3 is 2.56 bits per heavy atom. The van der Waals surface area contributed by atoms with Gasteiger partial charge in [0.25, 0.3) is 5.91 Å². The van der Waals surface area contributed by atoms with Crippen LogP contribution in [0.5, 0.6) is 5.75 Å². The molecule has 1 amide bonds. The van der Waals surface area contributed by atoms with Crippen molar-refractivity contribution < 1.29 is 28.6 Å². The van der Waals surface area contributed by atoms with Gasteiger partial charge in [-0.25, -0.2) is 4.39 Å². The third-order valence-electron chi connectivity index (χ3n) is 3.81. The largest absolute Gasteiger partial charge is 0.493 e. The van der Waals surface area contributed by atoms with E-state index in [0.29, 0.717) is 30.1 Å². The summed E-state index contributed by atoms with van der Waals surface area (Å²) in [7, 11) is 1.61. The molecule has 0 aliphatic heterocycles. The van der Waals surface area contributed by atoms with E-state index in [9.17, 15) is 14.0 Å². The first-order chi connectivity index (χ1) is 13.0. The van der Waals surface area contributed by atoms with Gasteiger partial charge in [-0.2, -0.15) is 0 Å². The zero-order chi connectivity index (χ0) is 19.6. The van der Waals surface area contributed by atoms with Crippen molar-refractivity contribution in [3.63, 3.8) is 0 Å². The number of carboxylic acid groups (broad SMARTS) is 1. The summed E-state index contributed by atoms with van der Waals surface area (Å²) in [6.07, 6.45) is 0.406. The van der Waals surface area contributed by atoms with Crippen molar-refractivity contribution in [3.05, 3.63) is 65.5 Å². The highest BCUT2D eigenvalue weighted by molar-refractivity contribution is 5.95. The van der Waals surface area contributed by atoms with Crippen molar-refractivity contribution in [1.29, 1.82) is 0 Å². The van der Waals surface area contributed by atoms with E-state index in [4.69, 9.17) is 14.6 Å². The molecule has 2 N–H and O–H groups in total. The molecular formula is C20H22FNO5. The zero-order valence-electron chi connectivity index (χ0n) is 15.0. The number of carbonyl (C=O) groups is 2. The molecule has 0 aliphatic carbocycles. The molecule has 0 aromatic heterocycles. The number of amides is 1. The van der Waals surface area contributed by atoms with Gasteiger partial charge in [-0.05, 0) is 35.9 Å². The predicted octanol–water partition coefficient (Wildman–Crippen LogP) is 3.19. The van der Waals surface area contributed by atoms with E-state index in [-0.39, 0.29) is 6.42 Å². The molecule has 2 aromatic rings. The molecular weight excluding hydrogens is 353 g/mol. The van der Waals surface area contributed by atoms with Gasteiger partial charge < -0.3 is 19.9 Å². The second-order valence-corrected chi connectivity index (χ2v) is 5.90. The minimum atomic E-state index is -1.07. The fourth-order valence-electron chi connectivity index (χ4n) is 2.48. The van der Waals surface area contributed by atoms with Crippen LogP contribution >= 0.6 is 0 Å². The molecule has 2 aromatic carbocycles. The van der Waals surface area contributed by atoms with Gasteiger partial charge in [0.05, 0.1) is 19.1 Å². The Bertz CT molecular complexity index is 763. The topological polar surface area (TPSA) is 84.9 Å². The molecule has 6 nitrogen and oxygen atoms in total. The van der Waals surface area contributed by atoms with Crippen LogP contribution in [0.4, 0.5) is 4.39 Å². The highest BCUT2D eigenvalue weighted by Gasteiger charge is 2.19. The number of ether oxygens (including phenoxy) is 2. The van der Waals surface area contributed by atoms with Crippen LogP contribution < -0.4 is 10.1 Å². The molecule has 0 radical (unpaired) electrons. The van der Waals surface area contributed by atoms with Crippen molar-refractivity contribution in [2.75, 3.05) is 20.3 Å². The van der Waals surface area contributed by atoms with Crippen molar-refractivity contribution in [2.24, 2.45) is 0 Å². The molecule has 2 rings (SSSR count). The molecule has 7 heteroatoms. The molecule has 0 spiro atoms. The van der Waals surface area contributed by atoms with E-state index >= 15 is 0 Å². The molecule has 0 saturated heterocycles. The number of methoxy groups -OCH3 is 1. The normalized spacial score (nSPS) is 11.6. The summed E-state index contributed by atoms with van der Waals surface area (Å²) in [5, 5.41) is 11.8. The van der Waals surface area contributed by atoms with E-state index in [0.717, 1.165) is 6.42 Å². The van der Waals surface area contributed by atoms with Crippen LogP contribution in [-0.2, 0) is 9.53 Å². The van der Waals surface area contributed by atoms with Crippen LogP contribution in [0.15, 0.2) is 48.5 Å². The summed E-state index contributed by atoms with van der Waals surface area (Å²) in [6, 6.07) is 11.2. The zero-order valence-corrected chi connectivity index (χ0v) is 15.0. The summed E-state index contributed by atoms with van der Waals surface area (Å²) in [6.45, 7) is 1.03. The molecule has 27 heavy (non-hydrogen) atoms. The monoisotopic (exact) mass is 375 g/mol. The Labute approximate surface area is 156 Å². The van der Waals surface area contributed by atoms with E-state index < -0.39 is 23.7 Å². The number of halogens is 1. The Kier molecular flexibility index (Phi) is 7.76. The summed E-state index contributed by atoms with van der Waals surface area (Å²) in [4.78, 5) is 23.7. The highest BCUT2D eigenvalue weighted by atomic mass is 19.1. The average molecular weight is 375 g/mol. The minimum absolute atomic E-state index is 0.315. The lowest BCUT2D eigenvalue weighted by Crippen LogP contribution is -2.30. The Morgan fingerprint density at radius 1 is 1.15 bits per heavy atom. The lowest BCUT2D eigenvalue weighted by atomic mass is 10.0. The molecule has 0 aliphatic rings. The maximum atomic E-state index is 13.1. The second kappa shape index (κ2) is 10.3. The first-order valence-electron chi connectivity index (χ1n) is 8.49. The van der Waals surface area contributed by atoms with Crippen LogP contribution in [0, 0.1) is 5.82 Å². The Hall–Kier alpha value is -2.93. The summed E-state index contributed by atoms with van der Waals surface area (Å²) < 4.78 is 23.6. The van der Waals surface area contributed by atoms with Crippen molar-refractivity contribution in [3.8, 4) is 5.75 Å². The maximum absolute atomic E-state index is 13.1. The fraction of sp³-hybridized carbons (Fsp3) is 0.300. The summed E-state index contributed by atoms with van der Waals surface area (Å²) >= 11 is 0. The minimum Gasteiger partial charge on any atom is -0.493 e. The molecule has 0 bridgehead atoms. The average Bonchev–Trinajstić information content (AvgIpc) is 2.65. The first kappa shape index (κ1) is 20.4. The third-order valence-corrected chi connectivity index (χ3v) is 3.81. The molecule has 1 unspecified atom stereocenters. The molecule has 0 saturated carbocycles. The number of carbonyl (C=O) groups excluding carboxylic acids is 1. The summed E-state index contributed by atoms with van der Waals surface area (Å²) in [5.74, 6) is -1.40. The van der Waals surface area contributed by atoms with Gasteiger partial charge in [-0.1, -0.05) is 18.2 Å². The van der Waals surface area contributed by atoms with E-state index in [2.05, 4.69) is 5.32 Å². The molecule has 144 valence electrons. The number of aliphatic carboxylic acids is 1. The highest BCUT2D eigenvalue weighted by Crippen LogP contribution is 2.20. The standard InChI is InChI=1S/C20H22FNO5/c1-26-10-3-11-27-17-5-2-4-15(12-17)20(25)22-18(13-19(23)24)14-6-8-16(21)9-7-14/h2,4-9,12,18H,3,10-11,13H2,1H3,(H,22,25)(H,23,24). The quantitative estimate of drug-likeness (QED) is 0.623. The Balaban J connectivity index is 2.07. The number of benzene rings is 2. The predicted molar refractivity (Wildman–Crippen MR) is 97.3 cm³/mol. The lowest BCUT2D eigenvalue weighted by Gasteiger charge is -2.18. The van der Waals surface area contributed by atoms with E-state index in [1.807, 2.05) is 0 Å². The molecule has 0 heterocycles. The van der Waals surface area contributed by atoms with Gasteiger partial charge in [0.1, 0.15) is 11.6 Å². The number of carboxylic acids is 1. The smallest absolute Gasteiger partial charge is 0.305 e. The summed E-state index contributed by atoms with van der Waals surface area (Å²) in [5.41, 5.74) is 0.857. The number of rotatable bonds is 10. The van der Waals surface area contributed by atoms with E-state index in [1.54, 1.807) is 31.4 Å². The lowest BCUT2D eigenvalue weighted by molar-refractivity contribution is -0.137. The Morgan fingerprint density at radius 2 is 1.89 bits per heavy atom. The van der Waals surface area contributed by atoms with Crippen LogP contribution in [0.1, 0.15) is 34.8 Å².